The predicted octanol–water partition coefficient (Wildman–Crippen LogP) is 3.52. The van der Waals surface area contributed by atoms with Crippen molar-refractivity contribution in [3.05, 3.63) is 47.3 Å². The molecule has 0 saturated carbocycles. The van der Waals surface area contributed by atoms with Crippen LogP contribution in [0.2, 0.25) is 0 Å². The Kier molecular flexibility index (Phi) is 4.56. The zero-order chi connectivity index (χ0) is 13.8. The molecule has 3 nitrogen and oxygen atoms in total. The largest absolute Gasteiger partial charge is 0.325 e. The third kappa shape index (κ3) is 3.78. The van der Waals surface area contributed by atoms with E-state index in [4.69, 9.17) is 5.73 Å². The van der Waals surface area contributed by atoms with Crippen LogP contribution in [0.15, 0.2) is 40.4 Å². The van der Waals surface area contributed by atoms with Crippen LogP contribution in [0.5, 0.6) is 0 Å². The lowest BCUT2D eigenvalue weighted by Gasteiger charge is -2.07. The van der Waals surface area contributed by atoms with Crippen LogP contribution in [0, 0.1) is 6.92 Å². The fourth-order valence-corrected chi connectivity index (χ4v) is 2.62. The maximum atomic E-state index is 5.63. The summed E-state index contributed by atoms with van der Waals surface area (Å²) in [4.78, 5) is 10.0. The molecule has 0 aliphatic carbocycles. The van der Waals surface area contributed by atoms with Gasteiger partial charge in [0.25, 0.3) is 0 Å². The van der Waals surface area contributed by atoms with E-state index in [0.717, 1.165) is 21.4 Å². The fraction of sp³-hybridized carbons (Fsp3) is 0.333. The van der Waals surface area contributed by atoms with Crippen LogP contribution in [0.1, 0.15) is 36.7 Å². The van der Waals surface area contributed by atoms with Crippen molar-refractivity contribution in [3.8, 4) is 0 Å². The normalized spacial score (nSPS) is 11.0. The first-order valence-corrected chi connectivity index (χ1v) is 7.22. The van der Waals surface area contributed by atoms with Crippen LogP contribution < -0.4 is 5.73 Å². The summed E-state index contributed by atoms with van der Waals surface area (Å²) in [7, 11) is 0. The number of nitrogens with two attached hydrogens (primary N) is 1. The molecule has 4 heteroatoms. The molecule has 100 valence electrons. The van der Waals surface area contributed by atoms with Crippen molar-refractivity contribution in [2.75, 3.05) is 0 Å². The van der Waals surface area contributed by atoms with Gasteiger partial charge in [0.05, 0.1) is 5.69 Å². The molecule has 0 aliphatic heterocycles. The van der Waals surface area contributed by atoms with E-state index in [2.05, 4.69) is 48.1 Å². The molecule has 0 bridgehead atoms. The van der Waals surface area contributed by atoms with Crippen LogP contribution >= 0.6 is 11.8 Å². The molecule has 1 aromatic carbocycles. The van der Waals surface area contributed by atoms with Gasteiger partial charge in [-0.3, -0.25) is 0 Å². The monoisotopic (exact) mass is 273 g/mol. The van der Waals surface area contributed by atoms with Gasteiger partial charge in [0, 0.05) is 17.1 Å². The Morgan fingerprint density at radius 1 is 1.16 bits per heavy atom. The average molecular weight is 273 g/mol. The molecule has 2 N–H and O–H groups in total. The van der Waals surface area contributed by atoms with Crippen molar-refractivity contribution in [3.63, 3.8) is 0 Å². The molecule has 19 heavy (non-hydrogen) atoms. The van der Waals surface area contributed by atoms with Gasteiger partial charge in [0.2, 0.25) is 0 Å². The van der Waals surface area contributed by atoms with E-state index < -0.39 is 0 Å². The first-order chi connectivity index (χ1) is 9.08. The Morgan fingerprint density at radius 2 is 1.84 bits per heavy atom. The van der Waals surface area contributed by atoms with Gasteiger partial charge < -0.3 is 5.73 Å². The molecule has 0 fully saturated rings. The second-order valence-corrected chi connectivity index (χ2v) is 5.85. The summed E-state index contributed by atoms with van der Waals surface area (Å²) >= 11 is 1.57. The average Bonchev–Trinajstić information content (AvgIpc) is 2.38. The maximum absolute atomic E-state index is 5.63. The molecule has 0 amide bonds. The van der Waals surface area contributed by atoms with E-state index in [1.807, 2.05) is 13.0 Å². The van der Waals surface area contributed by atoms with Crippen molar-refractivity contribution in [2.45, 2.75) is 43.3 Å². The topological polar surface area (TPSA) is 51.8 Å². The highest BCUT2D eigenvalue weighted by Gasteiger charge is 2.05. The first-order valence-electron chi connectivity index (χ1n) is 6.41. The molecule has 1 aromatic heterocycles. The van der Waals surface area contributed by atoms with Crippen LogP contribution in [-0.2, 0) is 6.54 Å². The van der Waals surface area contributed by atoms with E-state index in [-0.39, 0.29) is 0 Å². The van der Waals surface area contributed by atoms with Gasteiger partial charge in [-0.25, -0.2) is 9.97 Å². The van der Waals surface area contributed by atoms with Gasteiger partial charge in [-0.15, -0.1) is 0 Å². The Morgan fingerprint density at radius 3 is 2.42 bits per heavy atom. The van der Waals surface area contributed by atoms with Crippen LogP contribution in [0.25, 0.3) is 0 Å². The summed E-state index contributed by atoms with van der Waals surface area (Å²) in [6.45, 7) is 6.80. The highest BCUT2D eigenvalue weighted by Crippen LogP contribution is 2.26. The summed E-state index contributed by atoms with van der Waals surface area (Å²) in [5.41, 5.74) is 8.82. The van der Waals surface area contributed by atoms with Gasteiger partial charge in [0.1, 0.15) is 0 Å². The number of hydrogen-bond donors (Lipinski definition) is 1. The van der Waals surface area contributed by atoms with Gasteiger partial charge in [-0.2, -0.15) is 0 Å². The highest BCUT2D eigenvalue weighted by atomic mass is 32.2. The predicted molar refractivity (Wildman–Crippen MR) is 79.3 cm³/mol. The lowest BCUT2D eigenvalue weighted by molar-refractivity contribution is 0.853. The third-order valence-electron chi connectivity index (χ3n) is 2.85. The van der Waals surface area contributed by atoms with E-state index in [9.17, 15) is 0 Å². The molecule has 2 aromatic rings. The zero-order valence-electron chi connectivity index (χ0n) is 11.6. The van der Waals surface area contributed by atoms with Crippen molar-refractivity contribution in [1.29, 1.82) is 0 Å². The summed E-state index contributed by atoms with van der Waals surface area (Å²) in [5, 5.41) is 0.762. The lowest BCUT2D eigenvalue weighted by atomic mass is 10.0. The Hall–Kier alpha value is -1.39. The number of hydrogen-bond acceptors (Lipinski definition) is 4. The number of rotatable bonds is 4. The minimum Gasteiger partial charge on any atom is -0.325 e. The van der Waals surface area contributed by atoms with Crippen molar-refractivity contribution in [2.24, 2.45) is 5.73 Å². The Bertz CT molecular complexity index is 550. The van der Waals surface area contributed by atoms with E-state index in [1.165, 1.54) is 5.56 Å². The summed E-state index contributed by atoms with van der Waals surface area (Å²) in [6.07, 6.45) is 0. The molecule has 0 aliphatic rings. The number of nitrogens with zero attached hydrogens (tertiary/aromatic N) is 2. The van der Waals surface area contributed by atoms with Crippen molar-refractivity contribution >= 4 is 11.8 Å². The summed E-state index contributed by atoms with van der Waals surface area (Å²) < 4.78 is 0. The molecule has 0 spiro atoms. The minimum absolute atomic E-state index is 0.448. The van der Waals surface area contributed by atoms with Crippen molar-refractivity contribution in [1.82, 2.24) is 9.97 Å². The molecule has 1 heterocycles. The number of aromatic nitrogens is 2. The van der Waals surface area contributed by atoms with Crippen LogP contribution in [-0.4, -0.2) is 9.97 Å². The first kappa shape index (κ1) is 14.0. The van der Waals surface area contributed by atoms with Crippen LogP contribution in [0.3, 0.4) is 0 Å². The van der Waals surface area contributed by atoms with Crippen molar-refractivity contribution < 1.29 is 0 Å². The highest BCUT2D eigenvalue weighted by molar-refractivity contribution is 7.99. The second-order valence-electron chi connectivity index (χ2n) is 4.81. The molecule has 0 saturated heterocycles. The van der Waals surface area contributed by atoms with Gasteiger partial charge in [-0.05, 0) is 48.4 Å². The molecular weight excluding hydrogens is 254 g/mol. The third-order valence-corrected chi connectivity index (χ3v) is 3.72. The smallest absolute Gasteiger partial charge is 0.192 e. The molecular formula is C15H19N3S. The quantitative estimate of drug-likeness (QED) is 0.866. The maximum Gasteiger partial charge on any atom is 0.192 e. The summed E-state index contributed by atoms with van der Waals surface area (Å²) in [6, 6.07) is 10.5. The van der Waals surface area contributed by atoms with E-state index >= 15 is 0 Å². The van der Waals surface area contributed by atoms with Gasteiger partial charge in [-0.1, -0.05) is 26.0 Å². The zero-order valence-corrected chi connectivity index (χ0v) is 12.4. The van der Waals surface area contributed by atoms with E-state index in [1.54, 1.807) is 11.8 Å². The molecule has 0 atom stereocenters. The Labute approximate surface area is 118 Å². The Balaban J connectivity index is 2.18. The standard InChI is InChI=1S/C15H19N3S/c1-10(2)12-4-6-14(7-5-12)19-15-17-11(3)8-13(9-16)18-15/h4-8,10H,9,16H2,1-3H3. The minimum atomic E-state index is 0.448. The lowest BCUT2D eigenvalue weighted by Crippen LogP contribution is -2.02. The van der Waals surface area contributed by atoms with Crippen LogP contribution in [0.4, 0.5) is 0 Å². The molecule has 2 rings (SSSR count). The molecule has 0 unspecified atom stereocenters. The number of aryl methyl sites for hydroxylation is 1. The fourth-order valence-electron chi connectivity index (χ4n) is 1.78. The number of benzene rings is 1. The van der Waals surface area contributed by atoms with E-state index in [0.29, 0.717) is 12.5 Å². The second kappa shape index (κ2) is 6.17. The summed E-state index contributed by atoms with van der Waals surface area (Å²) in [5.74, 6) is 0.554. The van der Waals surface area contributed by atoms with Gasteiger partial charge in [0.15, 0.2) is 5.16 Å². The SMILES string of the molecule is Cc1cc(CN)nc(Sc2ccc(C(C)C)cc2)n1. The van der Waals surface area contributed by atoms with Gasteiger partial charge >= 0.3 is 0 Å². The molecule has 0 radical (unpaired) electrons.